The van der Waals surface area contributed by atoms with Crippen LogP contribution in [0, 0.1) is 0 Å². The molecule has 2 aromatic rings. The monoisotopic (exact) mass is 260 g/mol. The van der Waals surface area contributed by atoms with Crippen LogP contribution in [0.1, 0.15) is 12.8 Å². The largest absolute Gasteiger partial charge is 0.357 e. The minimum Gasteiger partial charge on any atom is -0.357 e. The number of anilines is 2. The van der Waals surface area contributed by atoms with E-state index in [2.05, 4.69) is 35.5 Å². The first-order valence-electron chi connectivity index (χ1n) is 6.32. The summed E-state index contributed by atoms with van der Waals surface area (Å²) in [6.45, 7) is 1.99. The van der Waals surface area contributed by atoms with Crippen LogP contribution in [-0.2, 0) is 7.05 Å². The van der Waals surface area contributed by atoms with E-state index in [9.17, 15) is 0 Å². The molecular weight excluding hydrogens is 244 g/mol. The van der Waals surface area contributed by atoms with Crippen molar-refractivity contribution in [1.82, 2.24) is 29.9 Å². The van der Waals surface area contributed by atoms with Crippen molar-refractivity contribution in [3.63, 3.8) is 0 Å². The highest BCUT2D eigenvalue weighted by atomic mass is 15.4. The third-order valence-electron chi connectivity index (χ3n) is 3.18. The number of nitrogens with one attached hydrogen (secondary N) is 1. The van der Waals surface area contributed by atoms with E-state index < -0.39 is 0 Å². The van der Waals surface area contributed by atoms with E-state index in [0.29, 0.717) is 17.7 Å². The Kier molecular flexibility index (Phi) is 2.98. The van der Waals surface area contributed by atoms with E-state index in [1.54, 1.807) is 17.9 Å². The molecule has 0 amide bonds. The first-order valence-corrected chi connectivity index (χ1v) is 6.32. The molecule has 100 valence electrons. The summed E-state index contributed by atoms with van der Waals surface area (Å²) in [6, 6.07) is 0. The van der Waals surface area contributed by atoms with Gasteiger partial charge in [-0.2, -0.15) is 15.0 Å². The van der Waals surface area contributed by atoms with Gasteiger partial charge in [-0.3, -0.25) is 0 Å². The molecule has 8 nitrogen and oxygen atoms in total. The van der Waals surface area contributed by atoms with Crippen LogP contribution < -0.4 is 10.2 Å². The van der Waals surface area contributed by atoms with Gasteiger partial charge in [-0.05, 0) is 12.8 Å². The van der Waals surface area contributed by atoms with Gasteiger partial charge < -0.3 is 10.2 Å². The lowest BCUT2D eigenvalue weighted by atomic mass is 10.4. The molecule has 2 aromatic heterocycles. The molecule has 0 radical (unpaired) electrons. The normalized spacial score (nSPS) is 14.9. The number of hydrogen-bond acceptors (Lipinski definition) is 7. The Balaban J connectivity index is 2.04. The quantitative estimate of drug-likeness (QED) is 0.850. The molecule has 1 aliphatic rings. The Hall–Kier alpha value is -2.25. The first kappa shape index (κ1) is 11.8. The SMILES string of the molecule is CNc1nc(-c2cnnn2C)nc(N2CCCC2)n1. The van der Waals surface area contributed by atoms with Crippen LogP contribution in [0.25, 0.3) is 11.5 Å². The molecule has 8 heteroatoms. The Labute approximate surface area is 110 Å². The smallest absolute Gasteiger partial charge is 0.230 e. The third-order valence-corrected chi connectivity index (χ3v) is 3.18. The molecule has 0 aliphatic carbocycles. The topological polar surface area (TPSA) is 84.7 Å². The summed E-state index contributed by atoms with van der Waals surface area (Å²) < 4.78 is 1.66. The van der Waals surface area contributed by atoms with Gasteiger partial charge >= 0.3 is 0 Å². The van der Waals surface area contributed by atoms with Crippen LogP contribution in [0.3, 0.4) is 0 Å². The maximum Gasteiger partial charge on any atom is 0.230 e. The van der Waals surface area contributed by atoms with Crippen molar-refractivity contribution < 1.29 is 0 Å². The van der Waals surface area contributed by atoms with E-state index in [4.69, 9.17) is 0 Å². The average Bonchev–Trinajstić information content (AvgIpc) is 3.09. The zero-order chi connectivity index (χ0) is 13.2. The summed E-state index contributed by atoms with van der Waals surface area (Å²) >= 11 is 0. The van der Waals surface area contributed by atoms with Crippen molar-refractivity contribution in [2.24, 2.45) is 7.05 Å². The lowest BCUT2D eigenvalue weighted by Gasteiger charge is -2.16. The minimum absolute atomic E-state index is 0.563. The summed E-state index contributed by atoms with van der Waals surface area (Å²) in [5, 5.41) is 10.7. The highest BCUT2D eigenvalue weighted by Gasteiger charge is 2.18. The van der Waals surface area contributed by atoms with Crippen molar-refractivity contribution >= 4 is 11.9 Å². The molecule has 0 unspecified atom stereocenters. The van der Waals surface area contributed by atoms with Crippen molar-refractivity contribution in [3.05, 3.63) is 6.20 Å². The third kappa shape index (κ3) is 2.20. The molecule has 0 aromatic carbocycles. The maximum absolute atomic E-state index is 4.53. The highest BCUT2D eigenvalue weighted by molar-refractivity contribution is 5.53. The lowest BCUT2D eigenvalue weighted by Crippen LogP contribution is -2.21. The standard InChI is InChI=1S/C11H16N8/c1-12-10-14-9(8-7-13-17-18(8)2)15-11(16-10)19-5-3-4-6-19/h7H,3-6H2,1-2H3,(H,12,14,15,16). The molecule has 1 saturated heterocycles. The molecular formula is C11H16N8. The molecule has 19 heavy (non-hydrogen) atoms. The van der Waals surface area contributed by atoms with Crippen molar-refractivity contribution in [2.45, 2.75) is 12.8 Å². The Morgan fingerprint density at radius 1 is 1.16 bits per heavy atom. The van der Waals surface area contributed by atoms with Gasteiger partial charge in [0.15, 0.2) is 5.82 Å². The van der Waals surface area contributed by atoms with E-state index in [1.165, 1.54) is 12.8 Å². The predicted octanol–water partition coefficient (Wildman–Crippen LogP) is 0.309. The van der Waals surface area contributed by atoms with Crippen LogP contribution in [-0.4, -0.2) is 50.1 Å². The number of aromatic nitrogens is 6. The Bertz CT molecular complexity index is 572. The van der Waals surface area contributed by atoms with E-state index >= 15 is 0 Å². The second-order valence-electron chi connectivity index (χ2n) is 4.47. The average molecular weight is 260 g/mol. The molecule has 3 heterocycles. The summed E-state index contributed by atoms with van der Waals surface area (Å²) in [4.78, 5) is 15.5. The van der Waals surface area contributed by atoms with E-state index in [1.807, 2.05) is 7.05 Å². The summed E-state index contributed by atoms with van der Waals surface area (Å²) in [7, 11) is 3.62. The fourth-order valence-corrected chi connectivity index (χ4v) is 2.14. The molecule has 0 spiro atoms. The lowest BCUT2D eigenvalue weighted by molar-refractivity contribution is 0.716. The molecule has 3 rings (SSSR count). The summed E-state index contributed by atoms with van der Waals surface area (Å²) in [5.41, 5.74) is 0.777. The molecule has 1 aliphatic heterocycles. The van der Waals surface area contributed by atoms with Gasteiger partial charge in [0, 0.05) is 27.2 Å². The molecule has 0 bridgehead atoms. The summed E-state index contributed by atoms with van der Waals surface area (Å²) in [6.07, 6.45) is 4.02. The zero-order valence-corrected chi connectivity index (χ0v) is 11.0. The Morgan fingerprint density at radius 3 is 2.58 bits per heavy atom. The van der Waals surface area contributed by atoms with Crippen LogP contribution in [0.2, 0.25) is 0 Å². The van der Waals surface area contributed by atoms with Crippen LogP contribution in [0.4, 0.5) is 11.9 Å². The molecule has 1 N–H and O–H groups in total. The predicted molar refractivity (Wildman–Crippen MR) is 70.8 cm³/mol. The van der Waals surface area contributed by atoms with Gasteiger partial charge in [0.25, 0.3) is 0 Å². The van der Waals surface area contributed by atoms with Crippen LogP contribution in [0.5, 0.6) is 0 Å². The van der Waals surface area contributed by atoms with Gasteiger partial charge in [0.2, 0.25) is 11.9 Å². The molecule has 1 fully saturated rings. The second kappa shape index (κ2) is 4.79. The van der Waals surface area contributed by atoms with Crippen molar-refractivity contribution in [1.29, 1.82) is 0 Å². The number of hydrogen-bond donors (Lipinski definition) is 1. The number of aryl methyl sites for hydroxylation is 1. The maximum atomic E-state index is 4.53. The second-order valence-corrected chi connectivity index (χ2v) is 4.47. The fourth-order valence-electron chi connectivity index (χ4n) is 2.14. The molecule has 0 atom stereocenters. The summed E-state index contributed by atoms with van der Waals surface area (Å²) in [5.74, 6) is 1.87. The van der Waals surface area contributed by atoms with Crippen molar-refractivity contribution in [2.75, 3.05) is 30.4 Å². The first-order chi connectivity index (χ1) is 9.28. The zero-order valence-electron chi connectivity index (χ0n) is 11.0. The number of nitrogens with zero attached hydrogens (tertiary/aromatic N) is 7. The van der Waals surface area contributed by atoms with Crippen molar-refractivity contribution in [3.8, 4) is 11.5 Å². The van der Waals surface area contributed by atoms with E-state index in [-0.39, 0.29) is 0 Å². The van der Waals surface area contributed by atoms with Gasteiger partial charge in [-0.25, -0.2) is 4.68 Å². The highest BCUT2D eigenvalue weighted by Crippen LogP contribution is 2.20. The van der Waals surface area contributed by atoms with Crippen LogP contribution >= 0.6 is 0 Å². The molecule has 0 saturated carbocycles. The Morgan fingerprint density at radius 2 is 1.95 bits per heavy atom. The van der Waals surface area contributed by atoms with Gasteiger partial charge in [-0.15, -0.1) is 5.10 Å². The van der Waals surface area contributed by atoms with Gasteiger partial charge in [0.1, 0.15) is 5.69 Å². The fraction of sp³-hybridized carbons (Fsp3) is 0.545. The van der Waals surface area contributed by atoms with Crippen LogP contribution in [0.15, 0.2) is 6.20 Å². The van der Waals surface area contributed by atoms with Gasteiger partial charge in [0.05, 0.1) is 6.20 Å². The van der Waals surface area contributed by atoms with E-state index in [0.717, 1.165) is 18.8 Å². The van der Waals surface area contributed by atoms with Gasteiger partial charge in [-0.1, -0.05) is 5.21 Å². The minimum atomic E-state index is 0.563. The number of rotatable bonds is 3.